The second kappa shape index (κ2) is 7.28. The zero-order valence-corrected chi connectivity index (χ0v) is 13.8. The highest BCUT2D eigenvalue weighted by molar-refractivity contribution is 5.50. The molecule has 1 aliphatic rings. The maximum Gasteiger partial charge on any atom is 0.0597 e. The van der Waals surface area contributed by atoms with Gasteiger partial charge in [0.05, 0.1) is 11.6 Å². The highest BCUT2D eigenvalue weighted by atomic mass is 16.5. The van der Waals surface area contributed by atoms with Crippen LogP contribution in [0.25, 0.3) is 0 Å². The van der Waals surface area contributed by atoms with E-state index in [2.05, 4.69) is 49.9 Å². The average Bonchev–Trinajstić information content (AvgIpc) is 2.50. The number of hydrogen-bond donors (Lipinski definition) is 1. The topological polar surface area (TPSA) is 38.5 Å². The van der Waals surface area contributed by atoms with Gasteiger partial charge in [0.15, 0.2) is 0 Å². The molecular formula is C18H30N2O. The van der Waals surface area contributed by atoms with Crippen LogP contribution in [0.5, 0.6) is 0 Å². The Hall–Kier alpha value is -1.06. The van der Waals surface area contributed by atoms with E-state index in [9.17, 15) is 0 Å². The molecule has 2 N–H and O–H groups in total. The molecule has 2 atom stereocenters. The molecule has 0 amide bonds. The molecule has 0 spiro atoms. The number of likely N-dealkylation sites (N-methyl/N-ethyl adjacent to an activating group) is 1. The van der Waals surface area contributed by atoms with Crippen molar-refractivity contribution in [2.75, 3.05) is 24.6 Å². The minimum atomic E-state index is 0.0437. The van der Waals surface area contributed by atoms with Crippen LogP contribution in [0.1, 0.15) is 45.1 Å². The first kappa shape index (κ1) is 16.3. The van der Waals surface area contributed by atoms with Gasteiger partial charge in [-0.05, 0) is 45.2 Å². The number of nitrogens with zero attached hydrogens (tertiary/aromatic N) is 1. The minimum absolute atomic E-state index is 0.0437. The maximum atomic E-state index is 6.24. The molecule has 0 saturated carbocycles. The molecule has 0 radical (unpaired) electrons. The number of ether oxygens (including phenoxy) is 1. The van der Waals surface area contributed by atoms with Gasteiger partial charge in [-0.25, -0.2) is 0 Å². The summed E-state index contributed by atoms with van der Waals surface area (Å²) in [6.45, 7) is 9.08. The third-order valence-corrected chi connectivity index (χ3v) is 4.75. The summed E-state index contributed by atoms with van der Waals surface area (Å²) < 4.78 is 5.94. The molecule has 1 saturated heterocycles. The molecule has 1 heterocycles. The third-order valence-electron chi connectivity index (χ3n) is 4.75. The van der Waals surface area contributed by atoms with Crippen molar-refractivity contribution >= 4 is 5.69 Å². The molecule has 0 aromatic heterocycles. The van der Waals surface area contributed by atoms with E-state index in [0.717, 1.165) is 32.4 Å². The number of hydrogen-bond acceptors (Lipinski definition) is 3. The fourth-order valence-electron chi connectivity index (χ4n) is 3.57. The van der Waals surface area contributed by atoms with Crippen LogP contribution in [0, 0.1) is 6.92 Å². The molecule has 1 aliphatic heterocycles. The van der Waals surface area contributed by atoms with E-state index in [-0.39, 0.29) is 5.54 Å². The van der Waals surface area contributed by atoms with Crippen LogP contribution in [0.3, 0.4) is 0 Å². The Morgan fingerprint density at radius 1 is 1.29 bits per heavy atom. The van der Waals surface area contributed by atoms with E-state index in [0.29, 0.717) is 12.6 Å². The van der Waals surface area contributed by atoms with Gasteiger partial charge in [-0.2, -0.15) is 0 Å². The molecule has 2 rings (SSSR count). The lowest BCUT2D eigenvalue weighted by Crippen LogP contribution is -2.59. The van der Waals surface area contributed by atoms with Crippen molar-refractivity contribution < 1.29 is 4.74 Å². The molecule has 1 aromatic rings. The van der Waals surface area contributed by atoms with Crippen molar-refractivity contribution in [1.82, 2.24) is 0 Å². The Morgan fingerprint density at radius 2 is 2.00 bits per heavy atom. The Kier molecular flexibility index (Phi) is 5.65. The van der Waals surface area contributed by atoms with Gasteiger partial charge in [-0.15, -0.1) is 0 Å². The van der Waals surface area contributed by atoms with Crippen LogP contribution >= 0.6 is 0 Å². The number of aryl methyl sites for hydroxylation is 1. The lowest BCUT2D eigenvalue weighted by atomic mass is 9.83. The summed E-state index contributed by atoms with van der Waals surface area (Å²) in [5, 5.41) is 0. The van der Waals surface area contributed by atoms with E-state index in [1.54, 1.807) is 0 Å². The molecule has 3 heteroatoms. The second-order valence-electron chi connectivity index (χ2n) is 6.24. The number of benzene rings is 1. The van der Waals surface area contributed by atoms with Crippen molar-refractivity contribution in [2.24, 2.45) is 5.73 Å². The lowest BCUT2D eigenvalue weighted by Gasteiger charge is -2.49. The zero-order valence-electron chi connectivity index (χ0n) is 13.8. The van der Waals surface area contributed by atoms with Crippen molar-refractivity contribution in [2.45, 2.75) is 58.1 Å². The Balaban J connectivity index is 2.25. The van der Waals surface area contributed by atoms with Crippen LogP contribution in [0.15, 0.2) is 24.3 Å². The molecular weight excluding hydrogens is 260 g/mol. The van der Waals surface area contributed by atoms with Crippen molar-refractivity contribution in [1.29, 1.82) is 0 Å². The van der Waals surface area contributed by atoms with E-state index in [4.69, 9.17) is 10.5 Å². The summed E-state index contributed by atoms with van der Waals surface area (Å²) in [6.07, 6.45) is 4.71. The molecule has 2 unspecified atom stereocenters. The number of rotatable bonds is 6. The fourth-order valence-corrected chi connectivity index (χ4v) is 3.57. The van der Waals surface area contributed by atoms with E-state index in [1.807, 2.05) is 0 Å². The zero-order chi connectivity index (χ0) is 15.3. The number of nitrogens with two attached hydrogens (primary N) is 1. The maximum absolute atomic E-state index is 6.24. The average molecular weight is 290 g/mol. The van der Waals surface area contributed by atoms with Crippen LogP contribution in [0.2, 0.25) is 0 Å². The fraction of sp³-hybridized carbons (Fsp3) is 0.667. The van der Waals surface area contributed by atoms with Gasteiger partial charge in [-0.3, -0.25) is 0 Å². The molecule has 21 heavy (non-hydrogen) atoms. The summed E-state index contributed by atoms with van der Waals surface area (Å²) in [7, 11) is 0. The predicted molar refractivity (Wildman–Crippen MR) is 89.9 cm³/mol. The summed E-state index contributed by atoms with van der Waals surface area (Å²) in [5.41, 5.74) is 8.87. The van der Waals surface area contributed by atoms with Gasteiger partial charge in [-0.1, -0.05) is 31.0 Å². The summed E-state index contributed by atoms with van der Waals surface area (Å²) >= 11 is 0. The van der Waals surface area contributed by atoms with Gasteiger partial charge in [0.25, 0.3) is 0 Å². The molecule has 3 nitrogen and oxygen atoms in total. The normalized spacial score (nSPS) is 25.8. The quantitative estimate of drug-likeness (QED) is 0.871. The first-order valence-electron chi connectivity index (χ1n) is 8.31. The second-order valence-corrected chi connectivity index (χ2v) is 6.24. The first-order valence-corrected chi connectivity index (χ1v) is 8.31. The Bertz CT molecular complexity index is 429. The lowest BCUT2D eigenvalue weighted by molar-refractivity contribution is -0.0225. The molecule has 1 fully saturated rings. The van der Waals surface area contributed by atoms with E-state index in [1.165, 1.54) is 17.7 Å². The number of anilines is 1. The van der Waals surface area contributed by atoms with E-state index < -0.39 is 0 Å². The van der Waals surface area contributed by atoms with Gasteiger partial charge in [0.1, 0.15) is 0 Å². The van der Waals surface area contributed by atoms with E-state index >= 15 is 0 Å². The Labute approximate surface area is 129 Å². The third kappa shape index (κ3) is 3.58. The van der Waals surface area contributed by atoms with Gasteiger partial charge in [0.2, 0.25) is 0 Å². The van der Waals surface area contributed by atoms with Crippen molar-refractivity contribution in [3.63, 3.8) is 0 Å². The van der Waals surface area contributed by atoms with Gasteiger partial charge >= 0.3 is 0 Å². The molecule has 0 bridgehead atoms. The first-order chi connectivity index (χ1) is 10.1. The van der Waals surface area contributed by atoms with Crippen LogP contribution in [-0.4, -0.2) is 31.3 Å². The van der Waals surface area contributed by atoms with Gasteiger partial charge in [0, 0.05) is 25.4 Å². The minimum Gasteiger partial charge on any atom is -0.378 e. The standard InChI is InChI=1S/C18H30N2O/c1-4-6-17-13-18(14-19,11-12-21-17)20(5-2)16-9-7-15(3)8-10-16/h7-10,17H,4-6,11-14,19H2,1-3H3. The molecule has 0 aliphatic carbocycles. The molecule has 1 aromatic carbocycles. The monoisotopic (exact) mass is 290 g/mol. The smallest absolute Gasteiger partial charge is 0.0597 e. The van der Waals surface area contributed by atoms with Crippen LogP contribution < -0.4 is 10.6 Å². The van der Waals surface area contributed by atoms with Crippen LogP contribution in [0.4, 0.5) is 5.69 Å². The predicted octanol–water partition coefficient (Wildman–Crippen LogP) is 3.50. The van der Waals surface area contributed by atoms with Crippen molar-refractivity contribution in [3.8, 4) is 0 Å². The summed E-state index contributed by atoms with van der Waals surface area (Å²) in [4.78, 5) is 2.50. The van der Waals surface area contributed by atoms with Crippen molar-refractivity contribution in [3.05, 3.63) is 29.8 Å². The SMILES string of the molecule is CCCC1CC(CN)(N(CC)c2ccc(C)cc2)CCO1. The molecule has 118 valence electrons. The Morgan fingerprint density at radius 3 is 2.57 bits per heavy atom. The van der Waals surface area contributed by atoms with Gasteiger partial charge < -0.3 is 15.4 Å². The summed E-state index contributed by atoms with van der Waals surface area (Å²) in [5.74, 6) is 0. The highest BCUT2D eigenvalue weighted by Gasteiger charge is 2.40. The largest absolute Gasteiger partial charge is 0.378 e. The highest BCUT2D eigenvalue weighted by Crippen LogP contribution is 2.35. The van der Waals surface area contributed by atoms with Crippen LogP contribution in [-0.2, 0) is 4.74 Å². The summed E-state index contributed by atoms with van der Waals surface area (Å²) in [6, 6.07) is 8.82.